The van der Waals surface area contributed by atoms with Gasteiger partial charge in [-0.15, -0.1) is 0 Å². The molecule has 3 aliphatic carbocycles. The van der Waals surface area contributed by atoms with E-state index < -0.39 is 46.1 Å². The number of furan rings is 1. The zero-order valence-electron chi connectivity index (χ0n) is 20.2. The summed E-state index contributed by atoms with van der Waals surface area (Å²) in [5, 5.41) is 0. The van der Waals surface area contributed by atoms with Crippen LogP contribution in [-0.2, 0) is 28.7 Å². The van der Waals surface area contributed by atoms with Crippen molar-refractivity contribution in [1.82, 2.24) is 0 Å². The highest BCUT2D eigenvalue weighted by atomic mass is 16.5. The summed E-state index contributed by atoms with van der Waals surface area (Å²) in [4.78, 5) is 52.5. The molecule has 7 nitrogen and oxygen atoms in total. The molecule has 4 aliphatic rings. The van der Waals surface area contributed by atoms with E-state index in [1.165, 1.54) is 13.2 Å². The van der Waals surface area contributed by atoms with Gasteiger partial charge in [-0.2, -0.15) is 0 Å². The highest BCUT2D eigenvalue weighted by Crippen LogP contribution is 2.65. The maximum atomic E-state index is 13.8. The van der Waals surface area contributed by atoms with Gasteiger partial charge < -0.3 is 13.9 Å². The molecule has 1 aromatic heterocycles. The van der Waals surface area contributed by atoms with Crippen LogP contribution in [0.4, 0.5) is 0 Å². The molecule has 2 bridgehead atoms. The first-order chi connectivity index (χ1) is 16.0. The molecule has 2 heterocycles. The molecule has 34 heavy (non-hydrogen) atoms. The molecule has 5 atom stereocenters. The summed E-state index contributed by atoms with van der Waals surface area (Å²) in [6, 6.07) is 1.80. The van der Waals surface area contributed by atoms with Crippen LogP contribution in [0.3, 0.4) is 0 Å². The summed E-state index contributed by atoms with van der Waals surface area (Å²) in [6.07, 6.45) is 5.71. The van der Waals surface area contributed by atoms with Crippen molar-refractivity contribution in [2.45, 2.75) is 59.5 Å². The Bertz CT molecular complexity index is 1170. The van der Waals surface area contributed by atoms with E-state index in [9.17, 15) is 19.2 Å². The first-order valence-corrected chi connectivity index (χ1v) is 11.8. The minimum Gasteiger partial charge on any atom is -0.472 e. The Morgan fingerprint density at radius 2 is 1.88 bits per heavy atom. The monoisotopic (exact) mass is 466 g/mol. The van der Waals surface area contributed by atoms with Crippen molar-refractivity contribution in [3.8, 4) is 0 Å². The number of hydrogen-bond acceptors (Lipinski definition) is 7. The Kier molecular flexibility index (Phi) is 4.88. The number of Topliss-reactive ketones (excluding diaryl/α,β-unsaturated/α-hetero) is 2. The minimum atomic E-state index is -0.988. The highest BCUT2D eigenvalue weighted by molar-refractivity contribution is 6.12. The highest BCUT2D eigenvalue weighted by Gasteiger charge is 2.65. The van der Waals surface area contributed by atoms with Gasteiger partial charge in [0.15, 0.2) is 5.78 Å². The van der Waals surface area contributed by atoms with E-state index in [1.807, 2.05) is 20.8 Å². The lowest BCUT2D eigenvalue weighted by molar-refractivity contribution is -0.162. The van der Waals surface area contributed by atoms with Gasteiger partial charge in [-0.3, -0.25) is 14.4 Å². The summed E-state index contributed by atoms with van der Waals surface area (Å²) in [5.74, 6) is -2.46. The molecule has 1 unspecified atom stereocenters. The second-order valence-corrected chi connectivity index (χ2v) is 11.0. The maximum Gasteiger partial charge on any atom is 0.331 e. The lowest BCUT2D eigenvalue weighted by Crippen LogP contribution is -2.61. The van der Waals surface area contributed by atoms with Crippen LogP contribution in [-0.4, -0.2) is 30.6 Å². The molecule has 1 fully saturated rings. The van der Waals surface area contributed by atoms with E-state index in [1.54, 1.807) is 18.6 Å². The molecular weight excluding hydrogens is 436 g/mol. The fourth-order valence-electron chi connectivity index (χ4n) is 7.22. The van der Waals surface area contributed by atoms with Gasteiger partial charge in [-0.1, -0.05) is 26.3 Å². The molecule has 1 saturated carbocycles. The number of fused-ring (bicyclic) bond motifs is 5. The van der Waals surface area contributed by atoms with Crippen molar-refractivity contribution in [2.75, 3.05) is 7.11 Å². The summed E-state index contributed by atoms with van der Waals surface area (Å²) >= 11 is 0. The summed E-state index contributed by atoms with van der Waals surface area (Å²) in [7, 11) is 1.32. The molecule has 0 aromatic carbocycles. The molecule has 1 aromatic rings. The topological polar surface area (TPSA) is 99.9 Å². The Balaban J connectivity index is 1.70. The first-order valence-electron chi connectivity index (χ1n) is 11.8. The Hall–Kier alpha value is -2.96. The van der Waals surface area contributed by atoms with E-state index in [0.717, 1.165) is 22.3 Å². The van der Waals surface area contributed by atoms with Gasteiger partial charge >= 0.3 is 11.9 Å². The van der Waals surface area contributed by atoms with Crippen molar-refractivity contribution >= 4 is 23.5 Å². The SMILES string of the molecule is COC(=O)C[C@H]1C(C)(C)C(=O)[C@H]2CC3=C(CC[C@]4(C)C3=CC(=O)O[C@H]4c3ccoc3)C1(C)C2=O. The van der Waals surface area contributed by atoms with Crippen LogP contribution in [0.2, 0.25) is 0 Å². The third-order valence-corrected chi connectivity index (χ3v) is 9.10. The number of carbonyl (C=O) groups excluding carboxylic acids is 4. The van der Waals surface area contributed by atoms with Crippen LogP contribution in [0.25, 0.3) is 0 Å². The van der Waals surface area contributed by atoms with Gasteiger partial charge in [0.25, 0.3) is 0 Å². The number of allylic oxidation sites excluding steroid dienone is 2. The predicted molar refractivity (Wildman–Crippen MR) is 120 cm³/mol. The number of rotatable bonds is 3. The van der Waals surface area contributed by atoms with Gasteiger partial charge in [0.05, 0.1) is 37.4 Å². The van der Waals surface area contributed by atoms with Crippen LogP contribution >= 0.6 is 0 Å². The molecule has 7 heteroatoms. The van der Waals surface area contributed by atoms with Crippen LogP contribution in [0.5, 0.6) is 0 Å². The smallest absolute Gasteiger partial charge is 0.331 e. The Labute approximate surface area is 198 Å². The normalized spacial score (nSPS) is 36.3. The van der Waals surface area contributed by atoms with Crippen molar-refractivity contribution < 1.29 is 33.1 Å². The van der Waals surface area contributed by atoms with Crippen molar-refractivity contribution in [2.24, 2.45) is 28.1 Å². The molecule has 5 rings (SSSR count). The summed E-state index contributed by atoms with van der Waals surface area (Å²) in [5.41, 5.74) is 1.11. The van der Waals surface area contributed by atoms with E-state index in [4.69, 9.17) is 13.9 Å². The molecular formula is C27H30O7. The molecule has 0 N–H and O–H groups in total. The number of ether oxygens (including phenoxy) is 2. The fraction of sp³-hybridized carbons (Fsp3) is 0.556. The number of cyclic esters (lactones) is 1. The van der Waals surface area contributed by atoms with Gasteiger partial charge in [0.1, 0.15) is 11.9 Å². The number of methoxy groups -OCH3 is 1. The molecule has 0 radical (unpaired) electrons. The standard InChI is InChI=1S/C27H30O7/c1-25(2)19(12-20(28)32-5)27(4)17-6-8-26(3)18(15(17)10-16(22(25)30)23(27)31)11-21(29)34-24(26)14-7-9-33-13-14/h7,9,11,13,16,19,24H,6,8,10,12H2,1-5H3/t16-,19+,24+,26-,27?/m1/s1. The predicted octanol–water partition coefficient (Wildman–Crippen LogP) is 4.28. The van der Waals surface area contributed by atoms with Gasteiger partial charge in [-0.05, 0) is 49.3 Å². The number of carbonyl (C=O) groups is 4. The van der Waals surface area contributed by atoms with Crippen molar-refractivity contribution in [3.63, 3.8) is 0 Å². The maximum absolute atomic E-state index is 13.8. The fourth-order valence-corrected chi connectivity index (χ4v) is 7.22. The zero-order valence-corrected chi connectivity index (χ0v) is 20.2. The van der Waals surface area contributed by atoms with Crippen LogP contribution in [0.15, 0.2) is 45.8 Å². The summed E-state index contributed by atoms with van der Waals surface area (Å²) < 4.78 is 16.0. The average molecular weight is 467 g/mol. The first kappa shape index (κ1) is 22.8. The zero-order chi connectivity index (χ0) is 24.6. The summed E-state index contributed by atoms with van der Waals surface area (Å²) in [6.45, 7) is 7.63. The molecule has 0 saturated heterocycles. The number of esters is 2. The van der Waals surface area contributed by atoms with Crippen LogP contribution < -0.4 is 0 Å². The van der Waals surface area contributed by atoms with Gasteiger partial charge in [0, 0.05) is 22.5 Å². The quantitative estimate of drug-likeness (QED) is 0.484. The van der Waals surface area contributed by atoms with Gasteiger partial charge in [0.2, 0.25) is 0 Å². The van der Waals surface area contributed by atoms with Gasteiger partial charge in [-0.25, -0.2) is 4.79 Å². The Morgan fingerprint density at radius 3 is 2.53 bits per heavy atom. The van der Waals surface area contributed by atoms with Crippen molar-refractivity contribution in [3.05, 3.63) is 47.0 Å². The second-order valence-electron chi connectivity index (χ2n) is 11.0. The second kappa shape index (κ2) is 7.27. The van der Waals surface area contributed by atoms with Crippen molar-refractivity contribution in [1.29, 1.82) is 0 Å². The average Bonchev–Trinajstić information content (AvgIpc) is 3.32. The number of hydrogen-bond donors (Lipinski definition) is 0. The Morgan fingerprint density at radius 1 is 1.15 bits per heavy atom. The minimum absolute atomic E-state index is 0.0169. The molecule has 1 aliphatic heterocycles. The van der Waals surface area contributed by atoms with E-state index in [0.29, 0.717) is 12.8 Å². The molecule has 0 spiro atoms. The number of ketones is 2. The van der Waals surface area contributed by atoms with E-state index >= 15 is 0 Å². The molecule has 0 amide bonds. The van der Waals surface area contributed by atoms with E-state index in [-0.39, 0.29) is 24.4 Å². The van der Waals surface area contributed by atoms with Crippen LogP contribution in [0.1, 0.15) is 65.0 Å². The van der Waals surface area contributed by atoms with E-state index in [2.05, 4.69) is 6.92 Å². The third-order valence-electron chi connectivity index (χ3n) is 9.10. The lowest BCUT2D eigenvalue weighted by Gasteiger charge is -2.58. The van der Waals surface area contributed by atoms with Crippen LogP contribution in [0, 0.1) is 28.1 Å². The third kappa shape index (κ3) is 2.82. The largest absolute Gasteiger partial charge is 0.472 e. The lowest BCUT2D eigenvalue weighted by atomic mass is 9.43. The molecule has 180 valence electrons.